The first-order valence-electron chi connectivity index (χ1n) is 8.28. The average molecular weight is 378 g/mol. The predicted molar refractivity (Wildman–Crippen MR) is 96.3 cm³/mol. The van der Waals surface area contributed by atoms with Gasteiger partial charge >= 0.3 is 0 Å². The van der Waals surface area contributed by atoms with E-state index in [9.17, 15) is 29.4 Å². The zero-order valence-electron chi connectivity index (χ0n) is 14.8. The highest BCUT2D eigenvalue weighted by atomic mass is 19.1. The summed E-state index contributed by atoms with van der Waals surface area (Å²) in [5.41, 5.74) is 0.855. The minimum Gasteiger partial charge on any atom is -0.493 e. The van der Waals surface area contributed by atoms with Gasteiger partial charge in [-0.15, -0.1) is 0 Å². The second-order valence-corrected chi connectivity index (χ2v) is 6.27. The van der Waals surface area contributed by atoms with Gasteiger partial charge in [0.05, 0.1) is 12.0 Å². The SMILES string of the molecule is C=C1c2ccc(OC)c(=O)cc2CCCC1C/C(=C(/F)C[N+](=O)[O-])[N+](=O)[O-]. The van der Waals surface area contributed by atoms with Gasteiger partial charge in [-0.1, -0.05) is 12.6 Å². The van der Waals surface area contributed by atoms with Gasteiger partial charge in [-0.05, 0) is 54.0 Å². The summed E-state index contributed by atoms with van der Waals surface area (Å²) in [7, 11) is 1.38. The lowest BCUT2D eigenvalue weighted by Crippen LogP contribution is -2.13. The first-order chi connectivity index (χ1) is 12.7. The van der Waals surface area contributed by atoms with E-state index in [2.05, 4.69) is 6.58 Å². The minimum absolute atomic E-state index is 0.162. The topological polar surface area (TPSA) is 113 Å². The molecule has 1 aliphatic carbocycles. The minimum atomic E-state index is -1.36. The molecule has 1 aliphatic rings. The normalized spacial score (nSPS) is 17.4. The van der Waals surface area contributed by atoms with Crippen LogP contribution in [-0.2, 0) is 6.42 Å². The van der Waals surface area contributed by atoms with Crippen molar-refractivity contribution in [2.75, 3.05) is 13.7 Å². The van der Waals surface area contributed by atoms with Gasteiger partial charge < -0.3 is 4.74 Å². The molecule has 0 bridgehead atoms. The molecular formula is C18H19FN2O6. The number of nitro groups is 2. The number of allylic oxidation sites excluding steroid dienone is 2. The molecule has 0 spiro atoms. The maximum Gasteiger partial charge on any atom is 0.284 e. The molecule has 0 saturated heterocycles. The molecule has 0 heterocycles. The summed E-state index contributed by atoms with van der Waals surface area (Å²) in [4.78, 5) is 32.0. The maximum absolute atomic E-state index is 14.0. The molecule has 0 aliphatic heterocycles. The third kappa shape index (κ3) is 4.75. The molecule has 1 unspecified atom stereocenters. The Labute approximate surface area is 154 Å². The molecule has 27 heavy (non-hydrogen) atoms. The van der Waals surface area contributed by atoms with Gasteiger partial charge in [-0.3, -0.25) is 25.0 Å². The van der Waals surface area contributed by atoms with Crippen LogP contribution in [0.5, 0.6) is 5.75 Å². The van der Waals surface area contributed by atoms with Crippen molar-refractivity contribution in [2.45, 2.75) is 25.7 Å². The first kappa shape index (κ1) is 20.2. The number of rotatable bonds is 6. The van der Waals surface area contributed by atoms with E-state index in [1.54, 1.807) is 6.07 Å². The van der Waals surface area contributed by atoms with Gasteiger partial charge in [0.1, 0.15) is 0 Å². The van der Waals surface area contributed by atoms with Gasteiger partial charge in [0.25, 0.3) is 12.2 Å². The van der Waals surface area contributed by atoms with Crippen molar-refractivity contribution in [1.82, 2.24) is 0 Å². The van der Waals surface area contributed by atoms with Crippen LogP contribution in [-0.4, -0.2) is 23.5 Å². The quantitative estimate of drug-likeness (QED) is 0.427. The molecule has 8 nitrogen and oxygen atoms in total. The number of nitrogens with zero attached hydrogens (tertiary/aromatic N) is 2. The highest BCUT2D eigenvalue weighted by Crippen LogP contribution is 2.37. The van der Waals surface area contributed by atoms with Crippen LogP contribution in [0, 0.1) is 26.1 Å². The second-order valence-electron chi connectivity index (χ2n) is 6.27. The number of fused-ring (bicyclic) bond motifs is 1. The summed E-state index contributed by atoms with van der Waals surface area (Å²) in [5, 5.41) is 21.7. The molecule has 1 aromatic carbocycles. The molecule has 1 aromatic rings. The Morgan fingerprint density at radius 3 is 2.67 bits per heavy atom. The van der Waals surface area contributed by atoms with Crippen LogP contribution in [0.3, 0.4) is 0 Å². The summed E-state index contributed by atoms with van der Waals surface area (Å²) >= 11 is 0. The van der Waals surface area contributed by atoms with Crippen LogP contribution >= 0.6 is 0 Å². The lowest BCUT2D eigenvalue weighted by molar-refractivity contribution is -0.479. The fourth-order valence-corrected chi connectivity index (χ4v) is 3.22. The zero-order chi connectivity index (χ0) is 20.1. The molecule has 0 aromatic heterocycles. The van der Waals surface area contributed by atoms with Crippen molar-refractivity contribution in [2.24, 2.45) is 5.92 Å². The third-order valence-electron chi connectivity index (χ3n) is 4.59. The number of hydrogen-bond donors (Lipinski definition) is 0. The molecular weight excluding hydrogens is 359 g/mol. The predicted octanol–water partition coefficient (Wildman–Crippen LogP) is 3.15. The van der Waals surface area contributed by atoms with Gasteiger partial charge in [0, 0.05) is 11.3 Å². The Kier molecular flexibility index (Phi) is 6.38. The fraction of sp³-hybridized carbons (Fsp3) is 0.389. The van der Waals surface area contributed by atoms with E-state index in [-0.39, 0.29) is 17.6 Å². The highest BCUT2D eigenvalue weighted by Gasteiger charge is 2.30. The van der Waals surface area contributed by atoms with Crippen molar-refractivity contribution >= 4 is 5.57 Å². The van der Waals surface area contributed by atoms with E-state index in [1.807, 2.05) is 0 Å². The molecule has 9 heteroatoms. The monoisotopic (exact) mass is 378 g/mol. The molecule has 144 valence electrons. The number of aryl methyl sites for hydroxylation is 1. The summed E-state index contributed by atoms with van der Waals surface area (Å²) in [6.45, 7) is 2.77. The highest BCUT2D eigenvalue weighted by molar-refractivity contribution is 5.69. The number of ether oxygens (including phenoxy) is 1. The Hall–Kier alpha value is -3.10. The summed E-state index contributed by atoms with van der Waals surface area (Å²) in [6.07, 6.45) is 1.37. The molecule has 0 saturated carbocycles. The third-order valence-corrected chi connectivity index (χ3v) is 4.59. The van der Waals surface area contributed by atoms with Crippen LogP contribution in [0.15, 0.2) is 41.1 Å². The van der Waals surface area contributed by atoms with Crippen molar-refractivity contribution < 1.29 is 19.0 Å². The number of halogens is 1. The van der Waals surface area contributed by atoms with E-state index in [0.717, 1.165) is 5.56 Å². The van der Waals surface area contributed by atoms with Crippen LogP contribution < -0.4 is 10.2 Å². The summed E-state index contributed by atoms with van der Waals surface area (Å²) in [5.74, 6) is -1.66. The van der Waals surface area contributed by atoms with E-state index in [4.69, 9.17) is 4.74 Å². The fourth-order valence-electron chi connectivity index (χ4n) is 3.22. The van der Waals surface area contributed by atoms with E-state index < -0.39 is 33.8 Å². The molecule has 2 rings (SSSR count). The van der Waals surface area contributed by atoms with Crippen molar-refractivity contribution in [3.8, 4) is 5.75 Å². The number of methoxy groups -OCH3 is 1. The largest absolute Gasteiger partial charge is 0.493 e. The van der Waals surface area contributed by atoms with Crippen LogP contribution in [0.4, 0.5) is 4.39 Å². The van der Waals surface area contributed by atoms with E-state index in [1.165, 1.54) is 19.2 Å². The van der Waals surface area contributed by atoms with Crippen LogP contribution in [0.2, 0.25) is 0 Å². The van der Waals surface area contributed by atoms with Gasteiger partial charge in [0.2, 0.25) is 11.3 Å². The Morgan fingerprint density at radius 2 is 2.07 bits per heavy atom. The molecule has 0 amide bonds. The lowest BCUT2D eigenvalue weighted by atomic mass is 9.88. The van der Waals surface area contributed by atoms with Crippen LogP contribution in [0.25, 0.3) is 5.57 Å². The Balaban J connectivity index is 2.42. The van der Waals surface area contributed by atoms with Crippen LogP contribution in [0.1, 0.15) is 30.4 Å². The Morgan fingerprint density at radius 1 is 1.37 bits per heavy atom. The Bertz CT molecular complexity index is 881. The molecule has 0 radical (unpaired) electrons. The summed E-state index contributed by atoms with van der Waals surface area (Å²) < 4.78 is 19.0. The smallest absolute Gasteiger partial charge is 0.284 e. The van der Waals surface area contributed by atoms with Gasteiger partial charge in [0.15, 0.2) is 5.75 Å². The standard InChI is InChI=1S/C18H19FN2O6/c1-11-12(8-16(21(25)26)15(19)10-20(23)24)4-3-5-13-9-17(22)18(27-2)7-6-14(11)13/h6-7,9,12H,1,3-5,8,10H2,2H3/b16-15-. The number of hydrogen-bond acceptors (Lipinski definition) is 6. The lowest BCUT2D eigenvalue weighted by Gasteiger charge is -2.16. The first-order valence-corrected chi connectivity index (χ1v) is 8.28. The van der Waals surface area contributed by atoms with Crippen molar-refractivity contribution in [3.63, 3.8) is 0 Å². The van der Waals surface area contributed by atoms with Gasteiger partial charge in [-0.25, -0.2) is 0 Å². The molecule has 0 fully saturated rings. The van der Waals surface area contributed by atoms with E-state index in [0.29, 0.717) is 30.4 Å². The maximum atomic E-state index is 14.0. The summed E-state index contributed by atoms with van der Waals surface area (Å²) in [6, 6.07) is 4.63. The molecule has 1 atom stereocenters. The molecule has 0 N–H and O–H groups in total. The van der Waals surface area contributed by atoms with E-state index >= 15 is 0 Å². The second kappa shape index (κ2) is 8.52. The van der Waals surface area contributed by atoms with Crippen molar-refractivity contribution in [3.05, 3.63) is 77.9 Å². The average Bonchev–Trinajstić information content (AvgIpc) is 2.82. The zero-order valence-corrected chi connectivity index (χ0v) is 14.8. The van der Waals surface area contributed by atoms with Gasteiger partial charge in [-0.2, -0.15) is 4.39 Å². The van der Waals surface area contributed by atoms with Crippen molar-refractivity contribution in [1.29, 1.82) is 0 Å².